The van der Waals surface area contributed by atoms with E-state index in [-0.39, 0.29) is 16.7 Å². The van der Waals surface area contributed by atoms with Gasteiger partial charge in [-0.15, -0.1) is 0 Å². The van der Waals surface area contributed by atoms with Crippen molar-refractivity contribution in [1.29, 1.82) is 0 Å². The molecule has 4 rings (SSSR count). The van der Waals surface area contributed by atoms with Crippen LogP contribution in [-0.2, 0) is 6.54 Å². The van der Waals surface area contributed by atoms with Crippen LogP contribution in [0.25, 0.3) is 0 Å². The van der Waals surface area contributed by atoms with E-state index in [0.29, 0.717) is 18.0 Å². The van der Waals surface area contributed by atoms with Crippen molar-refractivity contribution >= 4 is 28.9 Å². The lowest BCUT2D eigenvalue weighted by Gasteiger charge is -2.27. The van der Waals surface area contributed by atoms with E-state index >= 15 is 0 Å². The van der Waals surface area contributed by atoms with E-state index in [9.17, 15) is 9.90 Å². The van der Waals surface area contributed by atoms with Gasteiger partial charge < -0.3 is 19.5 Å². The summed E-state index contributed by atoms with van der Waals surface area (Å²) >= 11 is 6.29. The average molecular weight is 453 g/mol. The van der Waals surface area contributed by atoms with Crippen LogP contribution < -0.4 is 14.4 Å². The largest absolute Gasteiger partial charge is 0.493 e. The zero-order valence-corrected chi connectivity index (χ0v) is 18.6. The third kappa shape index (κ3) is 4.97. The second-order valence-electron chi connectivity index (χ2n) is 7.78. The van der Waals surface area contributed by atoms with Gasteiger partial charge in [0.05, 0.1) is 23.8 Å². The van der Waals surface area contributed by atoms with Crippen molar-refractivity contribution < 1.29 is 19.4 Å². The molecule has 3 aromatic rings. The molecule has 0 saturated heterocycles. The Hall–Kier alpha value is -3.25. The standard InChI is InChI=1S/C25H25ClN2O4/c1-31-23-11-9-19(14-24(23)32-20-6-2-3-7-20)28(16-17-5-4-12-27-15-17)18-8-10-21(25(29)30)22(26)13-18/h4-5,8-15,20H,2-3,6-7,16H2,1H3,(H,29,30). The van der Waals surface area contributed by atoms with Gasteiger partial charge in [-0.2, -0.15) is 0 Å². The number of methoxy groups -OCH3 is 1. The summed E-state index contributed by atoms with van der Waals surface area (Å²) in [4.78, 5) is 17.7. The second-order valence-corrected chi connectivity index (χ2v) is 8.18. The molecule has 1 heterocycles. The number of aromatic nitrogens is 1. The van der Waals surface area contributed by atoms with Crippen LogP contribution >= 0.6 is 11.6 Å². The molecular formula is C25H25ClN2O4. The SMILES string of the molecule is COc1ccc(N(Cc2cccnc2)c2ccc(C(=O)O)c(Cl)c2)cc1OC1CCCC1. The number of carbonyl (C=O) groups is 1. The van der Waals surface area contributed by atoms with Gasteiger partial charge in [-0.1, -0.05) is 17.7 Å². The summed E-state index contributed by atoms with van der Waals surface area (Å²) < 4.78 is 11.8. The monoisotopic (exact) mass is 452 g/mol. The molecule has 0 bridgehead atoms. The molecule has 0 unspecified atom stereocenters. The number of halogens is 1. The Kier molecular flexibility index (Phi) is 6.81. The first-order chi connectivity index (χ1) is 15.5. The third-order valence-electron chi connectivity index (χ3n) is 5.61. The Bertz CT molecular complexity index is 1080. The highest BCUT2D eigenvalue weighted by atomic mass is 35.5. The first kappa shape index (κ1) is 22.0. The molecule has 1 aliphatic rings. The minimum absolute atomic E-state index is 0.0664. The molecule has 0 spiro atoms. The Morgan fingerprint density at radius 1 is 1.12 bits per heavy atom. The van der Waals surface area contributed by atoms with Crippen LogP contribution in [0.2, 0.25) is 5.02 Å². The molecule has 7 heteroatoms. The molecule has 1 aliphatic carbocycles. The summed E-state index contributed by atoms with van der Waals surface area (Å²) in [5.74, 6) is 0.319. The van der Waals surface area contributed by atoms with Crippen molar-refractivity contribution in [3.63, 3.8) is 0 Å². The predicted octanol–water partition coefficient (Wildman–Crippen LogP) is 6.10. The van der Waals surface area contributed by atoms with Gasteiger partial charge in [0.1, 0.15) is 0 Å². The number of nitrogens with zero attached hydrogens (tertiary/aromatic N) is 2. The number of hydrogen-bond acceptors (Lipinski definition) is 5. The zero-order valence-electron chi connectivity index (χ0n) is 17.8. The molecule has 0 amide bonds. The predicted molar refractivity (Wildman–Crippen MR) is 124 cm³/mol. The van der Waals surface area contributed by atoms with Gasteiger partial charge in [0.15, 0.2) is 11.5 Å². The zero-order chi connectivity index (χ0) is 22.5. The second kappa shape index (κ2) is 9.92. The number of hydrogen-bond donors (Lipinski definition) is 1. The maximum atomic E-state index is 11.4. The molecule has 1 N–H and O–H groups in total. The van der Waals surface area contributed by atoms with Gasteiger partial charge in [-0.05, 0) is 67.6 Å². The molecule has 1 saturated carbocycles. The number of aromatic carboxylic acids is 1. The maximum Gasteiger partial charge on any atom is 0.337 e. The fourth-order valence-corrected chi connectivity index (χ4v) is 4.22. The van der Waals surface area contributed by atoms with Crippen LogP contribution in [0.15, 0.2) is 60.9 Å². The molecule has 1 fully saturated rings. The molecule has 0 aliphatic heterocycles. The number of pyridine rings is 1. The van der Waals surface area contributed by atoms with Crippen molar-refractivity contribution in [2.75, 3.05) is 12.0 Å². The number of anilines is 2. The molecule has 32 heavy (non-hydrogen) atoms. The first-order valence-corrected chi connectivity index (χ1v) is 11.0. The fourth-order valence-electron chi connectivity index (χ4n) is 3.96. The van der Waals surface area contributed by atoms with Gasteiger partial charge in [0, 0.05) is 36.4 Å². The summed E-state index contributed by atoms with van der Waals surface area (Å²) in [5.41, 5.74) is 2.71. The lowest BCUT2D eigenvalue weighted by atomic mass is 10.1. The lowest BCUT2D eigenvalue weighted by Crippen LogP contribution is -2.18. The lowest BCUT2D eigenvalue weighted by molar-refractivity contribution is 0.0697. The van der Waals surface area contributed by atoms with E-state index in [1.54, 1.807) is 31.6 Å². The van der Waals surface area contributed by atoms with Crippen molar-refractivity contribution in [3.8, 4) is 11.5 Å². The van der Waals surface area contributed by atoms with Crippen molar-refractivity contribution in [2.45, 2.75) is 38.3 Å². The van der Waals surface area contributed by atoms with E-state index in [4.69, 9.17) is 21.1 Å². The minimum atomic E-state index is -1.06. The molecule has 166 valence electrons. The summed E-state index contributed by atoms with van der Waals surface area (Å²) in [7, 11) is 1.63. The highest BCUT2D eigenvalue weighted by Crippen LogP contribution is 2.38. The highest BCUT2D eigenvalue weighted by Gasteiger charge is 2.21. The quantitative estimate of drug-likeness (QED) is 0.445. The smallest absolute Gasteiger partial charge is 0.337 e. The van der Waals surface area contributed by atoms with Crippen LogP contribution in [-0.4, -0.2) is 29.3 Å². The molecular weight excluding hydrogens is 428 g/mol. The van der Waals surface area contributed by atoms with Gasteiger partial charge in [-0.25, -0.2) is 4.79 Å². The molecule has 0 atom stereocenters. The van der Waals surface area contributed by atoms with Crippen LogP contribution in [0.1, 0.15) is 41.6 Å². The van der Waals surface area contributed by atoms with E-state index in [1.807, 2.05) is 30.3 Å². The number of ether oxygens (including phenoxy) is 2. The first-order valence-electron chi connectivity index (χ1n) is 10.6. The Balaban J connectivity index is 1.74. The Labute approximate surface area is 192 Å². The molecule has 1 aromatic heterocycles. The highest BCUT2D eigenvalue weighted by molar-refractivity contribution is 6.33. The van der Waals surface area contributed by atoms with E-state index < -0.39 is 5.97 Å². The minimum Gasteiger partial charge on any atom is -0.493 e. The molecule has 0 radical (unpaired) electrons. The van der Waals surface area contributed by atoms with E-state index in [1.165, 1.54) is 18.9 Å². The van der Waals surface area contributed by atoms with E-state index in [2.05, 4.69) is 9.88 Å². The van der Waals surface area contributed by atoms with Gasteiger partial charge in [-0.3, -0.25) is 4.98 Å². The van der Waals surface area contributed by atoms with Crippen LogP contribution in [0.3, 0.4) is 0 Å². The Morgan fingerprint density at radius 2 is 1.88 bits per heavy atom. The van der Waals surface area contributed by atoms with Crippen molar-refractivity contribution in [1.82, 2.24) is 4.98 Å². The number of rotatable bonds is 8. The van der Waals surface area contributed by atoms with Gasteiger partial charge in [0.2, 0.25) is 0 Å². The van der Waals surface area contributed by atoms with E-state index in [0.717, 1.165) is 29.8 Å². The van der Waals surface area contributed by atoms with Crippen LogP contribution in [0, 0.1) is 0 Å². The number of carboxylic acid groups (broad SMARTS) is 1. The fraction of sp³-hybridized carbons (Fsp3) is 0.280. The van der Waals surface area contributed by atoms with Gasteiger partial charge in [0.25, 0.3) is 0 Å². The Morgan fingerprint density at radius 3 is 2.53 bits per heavy atom. The summed E-state index contributed by atoms with van der Waals surface area (Å²) in [6.45, 7) is 0.520. The molecule has 6 nitrogen and oxygen atoms in total. The summed E-state index contributed by atoms with van der Waals surface area (Å²) in [5, 5.41) is 9.52. The normalized spacial score (nSPS) is 13.7. The van der Waals surface area contributed by atoms with Crippen molar-refractivity contribution in [3.05, 3.63) is 77.1 Å². The van der Waals surface area contributed by atoms with Gasteiger partial charge >= 0.3 is 5.97 Å². The topological polar surface area (TPSA) is 71.9 Å². The number of benzene rings is 2. The maximum absolute atomic E-state index is 11.4. The average Bonchev–Trinajstić information content (AvgIpc) is 3.31. The van der Waals surface area contributed by atoms with Crippen LogP contribution in [0.5, 0.6) is 11.5 Å². The summed E-state index contributed by atoms with van der Waals surface area (Å²) in [6, 6.07) is 14.6. The number of carboxylic acids is 1. The summed E-state index contributed by atoms with van der Waals surface area (Å²) in [6.07, 6.45) is 8.16. The van der Waals surface area contributed by atoms with Crippen LogP contribution in [0.4, 0.5) is 11.4 Å². The molecule has 2 aromatic carbocycles. The third-order valence-corrected chi connectivity index (χ3v) is 5.93. The van der Waals surface area contributed by atoms with Crippen molar-refractivity contribution in [2.24, 2.45) is 0 Å².